The van der Waals surface area contributed by atoms with E-state index in [1.807, 2.05) is 6.07 Å². The van der Waals surface area contributed by atoms with E-state index in [1.165, 1.54) is 19.4 Å². The van der Waals surface area contributed by atoms with E-state index in [9.17, 15) is 0 Å². The lowest BCUT2D eigenvalue weighted by atomic mass is 10.2. The molecule has 1 atom stereocenters. The molecule has 1 N–H and O–H groups in total. The second-order valence-electron chi connectivity index (χ2n) is 5.89. The van der Waals surface area contributed by atoms with Crippen LogP contribution in [0.25, 0.3) is 0 Å². The van der Waals surface area contributed by atoms with Crippen molar-refractivity contribution in [1.29, 1.82) is 0 Å². The van der Waals surface area contributed by atoms with Crippen LogP contribution in [0.3, 0.4) is 0 Å². The fourth-order valence-corrected chi connectivity index (χ4v) is 2.43. The summed E-state index contributed by atoms with van der Waals surface area (Å²) in [7, 11) is 2.21. The Morgan fingerprint density at radius 1 is 1.42 bits per heavy atom. The molecule has 0 bridgehead atoms. The Kier molecular flexibility index (Phi) is 5.08. The van der Waals surface area contributed by atoms with Crippen LogP contribution in [0.15, 0.2) is 24.3 Å². The highest BCUT2D eigenvalue weighted by atomic mass is 16.5. The van der Waals surface area contributed by atoms with Crippen molar-refractivity contribution in [3.05, 3.63) is 24.3 Å². The monoisotopic (exact) mass is 262 g/mol. The minimum absolute atomic E-state index is 0.559. The Morgan fingerprint density at radius 3 is 2.95 bits per heavy atom. The predicted octanol–water partition coefficient (Wildman–Crippen LogP) is 3.23. The molecular weight excluding hydrogens is 236 g/mol. The van der Waals surface area contributed by atoms with Crippen LogP contribution >= 0.6 is 0 Å². The van der Waals surface area contributed by atoms with E-state index < -0.39 is 0 Å². The minimum Gasteiger partial charge on any atom is -0.493 e. The predicted molar refractivity (Wildman–Crippen MR) is 80.9 cm³/mol. The molecule has 19 heavy (non-hydrogen) atoms. The largest absolute Gasteiger partial charge is 0.493 e. The van der Waals surface area contributed by atoms with Crippen LogP contribution in [0, 0.1) is 5.92 Å². The quantitative estimate of drug-likeness (QED) is 0.852. The van der Waals surface area contributed by atoms with Gasteiger partial charge in [-0.15, -0.1) is 0 Å². The van der Waals surface area contributed by atoms with E-state index in [0.717, 1.165) is 24.6 Å². The molecule has 1 aliphatic heterocycles. The van der Waals surface area contributed by atoms with Crippen molar-refractivity contribution in [2.45, 2.75) is 32.7 Å². The summed E-state index contributed by atoms with van der Waals surface area (Å²) in [6.07, 6.45) is 2.62. The van der Waals surface area contributed by atoms with Gasteiger partial charge in [-0.25, -0.2) is 0 Å². The van der Waals surface area contributed by atoms with Crippen LogP contribution in [0.1, 0.15) is 26.7 Å². The first-order chi connectivity index (χ1) is 9.15. The van der Waals surface area contributed by atoms with E-state index in [2.05, 4.69) is 49.3 Å². The maximum atomic E-state index is 5.75. The minimum atomic E-state index is 0.559. The van der Waals surface area contributed by atoms with Crippen molar-refractivity contribution in [1.82, 2.24) is 4.90 Å². The molecule has 3 nitrogen and oxygen atoms in total. The molecule has 2 rings (SSSR count). The number of likely N-dealkylation sites (N-methyl/N-ethyl adjacent to an activating group) is 1. The van der Waals surface area contributed by atoms with E-state index in [4.69, 9.17) is 4.74 Å². The van der Waals surface area contributed by atoms with E-state index >= 15 is 0 Å². The number of hydrogen-bond donors (Lipinski definition) is 1. The Labute approximate surface area is 116 Å². The Balaban J connectivity index is 1.84. The maximum absolute atomic E-state index is 5.75. The van der Waals surface area contributed by atoms with Crippen molar-refractivity contribution < 1.29 is 4.74 Å². The Hall–Kier alpha value is -1.22. The molecule has 1 unspecified atom stereocenters. The van der Waals surface area contributed by atoms with Gasteiger partial charge in [-0.2, -0.15) is 0 Å². The van der Waals surface area contributed by atoms with Gasteiger partial charge >= 0.3 is 0 Å². The summed E-state index contributed by atoms with van der Waals surface area (Å²) in [6, 6.07) is 8.94. The zero-order chi connectivity index (χ0) is 13.7. The highest BCUT2D eigenvalue weighted by Gasteiger charge is 2.20. The molecule has 1 aromatic carbocycles. The van der Waals surface area contributed by atoms with Crippen molar-refractivity contribution in [2.75, 3.05) is 32.1 Å². The summed E-state index contributed by atoms with van der Waals surface area (Å²) in [5, 5.41) is 3.52. The fraction of sp³-hybridized carbons (Fsp3) is 0.625. The lowest BCUT2D eigenvalue weighted by molar-refractivity contribution is 0.271. The normalized spacial score (nSPS) is 19.9. The number of rotatable bonds is 6. The van der Waals surface area contributed by atoms with E-state index in [0.29, 0.717) is 12.0 Å². The van der Waals surface area contributed by atoms with Gasteiger partial charge in [0.2, 0.25) is 0 Å². The number of nitrogens with one attached hydrogen (secondary N) is 1. The van der Waals surface area contributed by atoms with Gasteiger partial charge in [0.15, 0.2) is 0 Å². The number of likely N-dealkylation sites (tertiary alicyclic amines) is 1. The molecule has 0 aliphatic carbocycles. The van der Waals surface area contributed by atoms with Crippen molar-refractivity contribution in [3.8, 4) is 5.75 Å². The van der Waals surface area contributed by atoms with Gasteiger partial charge in [0, 0.05) is 24.3 Å². The maximum Gasteiger partial charge on any atom is 0.121 e. The third kappa shape index (κ3) is 4.43. The molecule has 0 saturated carbocycles. The molecule has 1 aliphatic rings. The van der Waals surface area contributed by atoms with Gasteiger partial charge in [0.25, 0.3) is 0 Å². The first kappa shape index (κ1) is 14.2. The zero-order valence-electron chi connectivity index (χ0n) is 12.4. The number of ether oxygens (including phenoxy) is 1. The van der Waals surface area contributed by atoms with Gasteiger partial charge in [-0.05, 0) is 44.5 Å². The van der Waals surface area contributed by atoms with Crippen molar-refractivity contribution in [3.63, 3.8) is 0 Å². The highest BCUT2D eigenvalue weighted by Crippen LogP contribution is 2.20. The molecule has 0 amide bonds. The third-order valence-corrected chi connectivity index (χ3v) is 3.63. The summed E-state index contributed by atoms with van der Waals surface area (Å²) >= 11 is 0. The van der Waals surface area contributed by atoms with E-state index in [-0.39, 0.29) is 0 Å². The zero-order valence-corrected chi connectivity index (χ0v) is 12.4. The summed E-state index contributed by atoms with van der Waals surface area (Å²) in [6.45, 7) is 7.35. The van der Waals surface area contributed by atoms with Gasteiger partial charge in [0.1, 0.15) is 5.75 Å². The first-order valence-corrected chi connectivity index (χ1v) is 7.32. The highest BCUT2D eigenvalue weighted by molar-refractivity contribution is 5.48. The standard InChI is InChI=1S/C16H26N2O/c1-13(2)12-19-16-8-4-6-14(10-16)17-11-15-7-5-9-18(15)3/h4,6,8,10,13,15,17H,5,7,9,11-12H2,1-3H3. The van der Waals surface area contributed by atoms with Crippen LogP contribution < -0.4 is 10.1 Å². The molecule has 0 aromatic heterocycles. The third-order valence-electron chi connectivity index (χ3n) is 3.63. The van der Waals surface area contributed by atoms with Gasteiger partial charge in [-0.1, -0.05) is 19.9 Å². The van der Waals surface area contributed by atoms with Crippen LogP contribution in [0.2, 0.25) is 0 Å². The molecule has 0 spiro atoms. The number of nitrogens with zero attached hydrogens (tertiary/aromatic N) is 1. The lowest BCUT2D eigenvalue weighted by Crippen LogP contribution is -2.31. The second-order valence-corrected chi connectivity index (χ2v) is 5.89. The Morgan fingerprint density at radius 2 is 2.26 bits per heavy atom. The van der Waals surface area contributed by atoms with Crippen LogP contribution in [0.5, 0.6) is 5.75 Å². The molecule has 106 valence electrons. The first-order valence-electron chi connectivity index (χ1n) is 7.32. The lowest BCUT2D eigenvalue weighted by Gasteiger charge is -2.20. The Bertz CT molecular complexity index is 392. The second kappa shape index (κ2) is 6.80. The number of hydrogen-bond acceptors (Lipinski definition) is 3. The fourth-order valence-electron chi connectivity index (χ4n) is 2.43. The summed E-state index contributed by atoms with van der Waals surface area (Å²) in [5.74, 6) is 1.52. The van der Waals surface area contributed by atoms with Gasteiger partial charge in [-0.3, -0.25) is 0 Å². The van der Waals surface area contributed by atoms with Gasteiger partial charge in [0.05, 0.1) is 6.61 Å². The molecule has 1 saturated heterocycles. The average molecular weight is 262 g/mol. The molecule has 1 aromatic rings. The summed E-state index contributed by atoms with van der Waals surface area (Å²) in [5.41, 5.74) is 1.15. The van der Waals surface area contributed by atoms with Crippen LogP contribution in [0.4, 0.5) is 5.69 Å². The number of benzene rings is 1. The van der Waals surface area contributed by atoms with Crippen molar-refractivity contribution >= 4 is 5.69 Å². The average Bonchev–Trinajstić information content (AvgIpc) is 2.80. The summed E-state index contributed by atoms with van der Waals surface area (Å²) in [4.78, 5) is 2.44. The van der Waals surface area contributed by atoms with Crippen LogP contribution in [-0.4, -0.2) is 37.7 Å². The smallest absolute Gasteiger partial charge is 0.121 e. The molecule has 1 heterocycles. The molecule has 0 radical (unpaired) electrons. The SMILES string of the molecule is CC(C)COc1cccc(NCC2CCCN2C)c1. The van der Waals surface area contributed by atoms with Crippen LogP contribution in [-0.2, 0) is 0 Å². The van der Waals surface area contributed by atoms with Crippen molar-refractivity contribution in [2.24, 2.45) is 5.92 Å². The molecule has 3 heteroatoms. The summed E-state index contributed by atoms with van der Waals surface area (Å²) < 4.78 is 5.75. The number of anilines is 1. The molecular formula is C16H26N2O. The van der Waals surface area contributed by atoms with Gasteiger partial charge < -0.3 is 15.0 Å². The van der Waals surface area contributed by atoms with E-state index in [1.54, 1.807) is 0 Å². The molecule has 1 fully saturated rings. The topological polar surface area (TPSA) is 24.5 Å².